The first-order chi connectivity index (χ1) is 7.70. The molecule has 0 aliphatic heterocycles. The molecule has 0 amide bonds. The van der Waals surface area contributed by atoms with Crippen LogP contribution in [0.2, 0.25) is 0 Å². The smallest absolute Gasteiger partial charge is 0.150 e. The fourth-order valence-electron chi connectivity index (χ4n) is 1.45. The number of aryl methyl sites for hydroxylation is 2. The van der Waals surface area contributed by atoms with Gasteiger partial charge in [-0.1, -0.05) is 17.8 Å². The molecule has 1 aromatic heterocycles. The molecule has 0 fully saturated rings. The van der Waals surface area contributed by atoms with E-state index in [0.29, 0.717) is 0 Å². The zero-order chi connectivity index (χ0) is 11.5. The molecule has 82 valence electrons. The summed E-state index contributed by atoms with van der Waals surface area (Å²) >= 11 is 1.64. The van der Waals surface area contributed by atoms with Gasteiger partial charge in [-0.05, 0) is 37.6 Å². The van der Waals surface area contributed by atoms with Crippen molar-refractivity contribution in [2.45, 2.75) is 23.6 Å². The normalized spacial score (nSPS) is 10.4. The minimum atomic E-state index is 0.744. The summed E-state index contributed by atoms with van der Waals surface area (Å²) in [5, 5.41) is 0. The second-order valence-electron chi connectivity index (χ2n) is 3.58. The van der Waals surface area contributed by atoms with Crippen molar-refractivity contribution in [3.8, 4) is 0 Å². The number of furan rings is 1. The van der Waals surface area contributed by atoms with Gasteiger partial charge in [0.1, 0.15) is 12.0 Å². The lowest BCUT2D eigenvalue weighted by molar-refractivity contribution is 0.112. The second-order valence-corrected chi connectivity index (χ2v) is 4.69. The maximum atomic E-state index is 10.7. The Hall–Kier alpha value is -1.48. The quantitative estimate of drug-likeness (QED) is 0.753. The Bertz CT molecular complexity index is 514. The number of hydrogen-bond donors (Lipinski definition) is 0. The summed E-state index contributed by atoms with van der Waals surface area (Å²) in [6.07, 6.45) is 2.57. The van der Waals surface area contributed by atoms with Crippen LogP contribution in [0.15, 0.2) is 44.7 Å². The van der Waals surface area contributed by atoms with E-state index in [1.807, 2.05) is 38.1 Å². The van der Waals surface area contributed by atoms with E-state index in [2.05, 4.69) is 0 Å². The highest BCUT2D eigenvalue weighted by atomic mass is 32.2. The molecule has 1 heterocycles. The van der Waals surface area contributed by atoms with Crippen LogP contribution in [0.3, 0.4) is 0 Å². The SMILES string of the molecule is Cc1cc(Sc2ccoc2C)ccc1C=O. The van der Waals surface area contributed by atoms with Crippen LogP contribution in [0.25, 0.3) is 0 Å². The van der Waals surface area contributed by atoms with Crippen LogP contribution >= 0.6 is 11.8 Å². The van der Waals surface area contributed by atoms with Gasteiger partial charge in [0.2, 0.25) is 0 Å². The predicted molar refractivity (Wildman–Crippen MR) is 64.1 cm³/mol. The van der Waals surface area contributed by atoms with Crippen LogP contribution in [0.5, 0.6) is 0 Å². The monoisotopic (exact) mass is 232 g/mol. The standard InChI is InChI=1S/C13H12O2S/c1-9-7-12(4-3-11(9)8-14)16-13-5-6-15-10(13)2/h3-8H,1-2H3. The van der Waals surface area contributed by atoms with Gasteiger partial charge in [0.05, 0.1) is 11.2 Å². The number of carbonyl (C=O) groups excluding carboxylic acids is 1. The largest absolute Gasteiger partial charge is 0.468 e. The molecule has 0 saturated heterocycles. The summed E-state index contributed by atoms with van der Waals surface area (Å²) in [7, 11) is 0. The van der Waals surface area contributed by atoms with E-state index in [9.17, 15) is 4.79 Å². The van der Waals surface area contributed by atoms with Crippen molar-refractivity contribution in [1.29, 1.82) is 0 Å². The average Bonchev–Trinajstić information content (AvgIpc) is 2.65. The summed E-state index contributed by atoms with van der Waals surface area (Å²) in [6.45, 7) is 3.88. The van der Waals surface area contributed by atoms with Gasteiger partial charge >= 0.3 is 0 Å². The molecule has 0 saturated carbocycles. The number of aldehydes is 1. The van der Waals surface area contributed by atoms with Crippen molar-refractivity contribution in [2.75, 3.05) is 0 Å². The molecule has 1 aromatic carbocycles. The van der Waals surface area contributed by atoms with Crippen LogP contribution in [0.4, 0.5) is 0 Å². The predicted octanol–water partition coefficient (Wildman–Crippen LogP) is 3.86. The van der Waals surface area contributed by atoms with Crippen LogP contribution in [0.1, 0.15) is 21.7 Å². The van der Waals surface area contributed by atoms with Gasteiger partial charge in [-0.3, -0.25) is 4.79 Å². The lowest BCUT2D eigenvalue weighted by Gasteiger charge is -2.03. The Kier molecular flexibility index (Phi) is 3.15. The Balaban J connectivity index is 2.26. The fourth-order valence-corrected chi connectivity index (χ4v) is 2.39. The maximum Gasteiger partial charge on any atom is 0.150 e. The molecule has 0 radical (unpaired) electrons. The fraction of sp³-hybridized carbons (Fsp3) is 0.154. The first-order valence-electron chi connectivity index (χ1n) is 4.98. The van der Waals surface area contributed by atoms with Gasteiger partial charge in [-0.25, -0.2) is 0 Å². The van der Waals surface area contributed by atoms with Crippen molar-refractivity contribution >= 4 is 18.0 Å². The van der Waals surface area contributed by atoms with E-state index in [0.717, 1.165) is 33.0 Å². The van der Waals surface area contributed by atoms with E-state index in [-0.39, 0.29) is 0 Å². The van der Waals surface area contributed by atoms with Crippen LogP contribution < -0.4 is 0 Å². The van der Waals surface area contributed by atoms with Crippen molar-refractivity contribution < 1.29 is 9.21 Å². The minimum absolute atomic E-state index is 0.744. The van der Waals surface area contributed by atoms with Crippen molar-refractivity contribution in [2.24, 2.45) is 0 Å². The third-order valence-electron chi connectivity index (χ3n) is 2.41. The first-order valence-corrected chi connectivity index (χ1v) is 5.80. The van der Waals surface area contributed by atoms with Gasteiger partial charge < -0.3 is 4.42 Å². The number of benzene rings is 1. The van der Waals surface area contributed by atoms with Crippen LogP contribution in [-0.2, 0) is 0 Å². The topological polar surface area (TPSA) is 30.2 Å². The number of carbonyl (C=O) groups is 1. The Morgan fingerprint density at radius 1 is 1.25 bits per heavy atom. The maximum absolute atomic E-state index is 10.7. The lowest BCUT2D eigenvalue weighted by Crippen LogP contribution is -1.86. The highest BCUT2D eigenvalue weighted by molar-refractivity contribution is 7.99. The molecule has 0 N–H and O–H groups in total. The summed E-state index contributed by atoms with van der Waals surface area (Å²) < 4.78 is 5.23. The molecule has 0 aliphatic rings. The molecule has 0 spiro atoms. The first kappa shape index (κ1) is 11.0. The van der Waals surface area contributed by atoms with E-state index < -0.39 is 0 Å². The molecule has 0 atom stereocenters. The summed E-state index contributed by atoms with van der Waals surface area (Å²) in [5.74, 6) is 0.919. The van der Waals surface area contributed by atoms with Crippen LogP contribution in [-0.4, -0.2) is 6.29 Å². The van der Waals surface area contributed by atoms with E-state index in [1.165, 1.54) is 0 Å². The van der Waals surface area contributed by atoms with Gasteiger partial charge in [0, 0.05) is 10.5 Å². The Morgan fingerprint density at radius 3 is 2.62 bits per heavy atom. The molecule has 2 rings (SSSR count). The average molecular weight is 232 g/mol. The Labute approximate surface area is 98.7 Å². The molecular formula is C13H12O2S. The third kappa shape index (κ3) is 2.19. The molecule has 16 heavy (non-hydrogen) atoms. The summed E-state index contributed by atoms with van der Waals surface area (Å²) in [4.78, 5) is 12.9. The molecule has 0 bridgehead atoms. The zero-order valence-corrected chi connectivity index (χ0v) is 10.0. The van der Waals surface area contributed by atoms with E-state index in [1.54, 1.807) is 18.0 Å². The van der Waals surface area contributed by atoms with Gasteiger partial charge in [0.25, 0.3) is 0 Å². The Morgan fingerprint density at radius 2 is 2.06 bits per heavy atom. The third-order valence-corrected chi connectivity index (χ3v) is 3.54. The molecule has 2 aromatic rings. The van der Waals surface area contributed by atoms with Crippen molar-refractivity contribution in [3.63, 3.8) is 0 Å². The minimum Gasteiger partial charge on any atom is -0.468 e. The number of hydrogen-bond acceptors (Lipinski definition) is 3. The highest BCUT2D eigenvalue weighted by Gasteiger charge is 2.05. The van der Waals surface area contributed by atoms with Crippen molar-refractivity contribution in [1.82, 2.24) is 0 Å². The molecule has 0 aliphatic carbocycles. The lowest BCUT2D eigenvalue weighted by atomic mass is 10.1. The molecular weight excluding hydrogens is 220 g/mol. The van der Waals surface area contributed by atoms with Gasteiger partial charge in [0.15, 0.2) is 0 Å². The molecule has 3 heteroatoms. The zero-order valence-electron chi connectivity index (χ0n) is 9.19. The highest BCUT2D eigenvalue weighted by Crippen LogP contribution is 2.31. The summed E-state index contributed by atoms with van der Waals surface area (Å²) in [5.41, 5.74) is 1.74. The molecule has 0 unspecified atom stereocenters. The second kappa shape index (κ2) is 4.58. The van der Waals surface area contributed by atoms with E-state index in [4.69, 9.17) is 4.42 Å². The van der Waals surface area contributed by atoms with E-state index >= 15 is 0 Å². The molecule has 2 nitrogen and oxygen atoms in total. The van der Waals surface area contributed by atoms with Crippen molar-refractivity contribution in [3.05, 3.63) is 47.4 Å². The van der Waals surface area contributed by atoms with Crippen LogP contribution in [0, 0.1) is 13.8 Å². The van der Waals surface area contributed by atoms with Gasteiger partial charge in [-0.2, -0.15) is 0 Å². The van der Waals surface area contributed by atoms with Gasteiger partial charge in [-0.15, -0.1) is 0 Å². The summed E-state index contributed by atoms with van der Waals surface area (Å²) in [6, 6.07) is 7.76. The number of rotatable bonds is 3.